The van der Waals surface area contributed by atoms with Gasteiger partial charge < -0.3 is 21.0 Å². The molecule has 14 nitrogen and oxygen atoms in total. The van der Waals surface area contributed by atoms with Gasteiger partial charge in [0.2, 0.25) is 21.8 Å². The highest BCUT2D eigenvalue weighted by atomic mass is 32.2. The Labute approximate surface area is 253 Å². The van der Waals surface area contributed by atoms with Crippen LogP contribution in [0.25, 0.3) is 10.8 Å². The fraction of sp³-hybridized carbons (Fsp3) is 0.519. The third kappa shape index (κ3) is 11.0. The fourth-order valence-electron chi connectivity index (χ4n) is 4.96. The number of likely N-dealkylation sites (tertiary alicyclic amines) is 1. The number of nitrogens with one attached hydrogen (secondary N) is 3. The molecule has 2 aromatic carbocycles. The summed E-state index contributed by atoms with van der Waals surface area (Å²) in [5, 5.41) is 7.90. The van der Waals surface area contributed by atoms with Gasteiger partial charge in [0.1, 0.15) is 12.4 Å². The normalized spacial score (nSPS) is 16.8. The number of hydrogen-bond acceptors (Lipinski definition) is 8. The summed E-state index contributed by atoms with van der Waals surface area (Å²) in [6.07, 6.45) is 4.10. The molecule has 1 aliphatic heterocycles. The summed E-state index contributed by atoms with van der Waals surface area (Å²) in [6, 6.07) is 10.3. The highest BCUT2D eigenvalue weighted by Crippen LogP contribution is 2.20. The van der Waals surface area contributed by atoms with Gasteiger partial charge in [-0.05, 0) is 48.1 Å². The second-order valence-corrected chi connectivity index (χ2v) is 13.5. The Morgan fingerprint density at radius 2 is 1.91 bits per heavy atom. The molecule has 1 aliphatic rings. The average Bonchev–Trinajstić information content (AvgIpc) is 2.96. The number of unbranched alkanes of at least 4 members (excludes halogenated alkanes) is 1. The lowest BCUT2D eigenvalue weighted by atomic mass is 9.98. The molecular formula is C27H41N7O7S2. The molecule has 2 amide bonds. The summed E-state index contributed by atoms with van der Waals surface area (Å²) in [4.78, 5) is 30.0. The van der Waals surface area contributed by atoms with Crippen LogP contribution in [0.2, 0.25) is 0 Å². The van der Waals surface area contributed by atoms with E-state index in [-0.39, 0.29) is 30.4 Å². The van der Waals surface area contributed by atoms with Gasteiger partial charge in [-0.15, -0.1) is 0 Å². The first kappa shape index (κ1) is 34.2. The average molecular weight is 640 g/mol. The molecule has 0 bridgehead atoms. The number of fused-ring (bicyclic) bond motifs is 1. The van der Waals surface area contributed by atoms with E-state index in [2.05, 4.69) is 15.1 Å². The second kappa shape index (κ2) is 16.0. The van der Waals surface area contributed by atoms with Gasteiger partial charge in [0.15, 0.2) is 0 Å². The first-order chi connectivity index (χ1) is 20.4. The van der Waals surface area contributed by atoms with Crippen LogP contribution in [0.5, 0.6) is 0 Å². The van der Waals surface area contributed by atoms with Gasteiger partial charge in [-0.2, -0.15) is 23.0 Å². The van der Waals surface area contributed by atoms with Crippen molar-refractivity contribution in [3.05, 3.63) is 42.5 Å². The predicted molar refractivity (Wildman–Crippen MR) is 164 cm³/mol. The molecule has 43 heavy (non-hydrogen) atoms. The first-order valence-electron chi connectivity index (χ1n) is 14.2. The quantitative estimate of drug-likeness (QED) is 0.0574. The van der Waals surface area contributed by atoms with E-state index in [4.69, 9.17) is 10.4 Å². The smallest absolute Gasteiger partial charge is 0.333 e. The van der Waals surface area contributed by atoms with Gasteiger partial charge >= 0.3 is 10.3 Å². The van der Waals surface area contributed by atoms with Gasteiger partial charge in [-0.1, -0.05) is 43.7 Å². The molecule has 0 radical (unpaired) electrons. The summed E-state index contributed by atoms with van der Waals surface area (Å²) < 4.78 is 62.7. The number of benzene rings is 2. The Bertz CT molecular complexity index is 1490. The second-order valence-electron chi connectivity index (χ2n) is 10.5. The third-order valence-corrected chi connectivity index (χ3v) is 9.18. The lowest BCUT2D eigenvalue weighted by molar-refractivity contribution is -0.135. The van der Waals surface area contributed by atoms with Crippen molar-refractivity contribution in [1.82, 2.24) is 24.6 Å². The Balaban J connectivity index is 1.80. The summed E-state index contributed by atoms with van der Waals surface area (Å²) in [7, 11) is -8.75. The monoisotopic (exact) mass is 639 g/mol. The van der Waals surface area contributed by atoms with Crippen LogP contribution in [0, 0.1) is 5.92 Å². The molecule has 238 valence electrons. The number of piperidine rings is 1. The van der Waals surface area contributed by atoms with Crippen LogP contribution in [0.15, 0.2) is 52.5 Å². The van der Waals surface area contributed by atoms with Gasteiger partial charge in [0.25, 0.3) is 0 Å². The van der Waals surface area contributed by atoms with Crippen molar-refractivity contribution in [1.29, 1.82) is 0 Å². The summed E-state index contributed by atoms with van der Waals surface area (Å²) in [6.45, 7) is 3.42. The van der Waals surface area contributed by atoms with E-state index in [9.17, 15) is 26.4 Å². The standard InChI is InChI=1S/C27H41N7O7S2/c1-2-3-14-34(15-12-31-43(39,40)41)27(36)25(17-26(35)29-18-21-7-6-13-33(19-21)20-30-28)32-42(37,38)24-11-10-22-8-4-5-9-23(22)16-24/h4-5,8-11,16,20-21,25,31-32H,2-3,6-7,12-15,17-19,28H2,1H3,(H,29,35)(H,39,40,41)/t21-,25-/m0/s1. The molecule has 2 atom stereocenters. The number of nitrogens with zero attached hydrogens (tertiary/aromatic N) is 3. The van der Waals surface area contributed by atoms with E-state index in [1.165, 1.54) is 17.0 Å². The summed E-state index contributed by atoms with van der Waals surface area (Å²) in [5.74, 6) is 4.17. The fourth-order valence-corrected chi connectivity index (χ4v) is 6.53. The minimum Gasteiger partial charge on any atom is -0.361 e. The molecule has 0 saturated carbocycles. The molecule has 3 rings (SSSR count). The van der Waals surface area contributed by atoms with Crippen LogP contribution in [0.3, 0.4) is 0 Å². The van der Waals surface area contributed by atoms with Gasteiger partial charge in [0, 0.05) is 39.3 Å². The van der Waals surface area contributed by atoms with E-state index in [1.807, 2.05) is 28.7 Å². The Morgan fingerprint density at radius 3 is 2.60 bits per heavy atom. The molecule has 0 aromatic heterocycles. The molecule has 2 aromatic rings. The topological polar surface area (TPSA) is 204 Å². The number of hydrazone groups is 1. The maximum Gasteiger partial charge on any atom is 0.333 e. The van der Waals surface area contributed by atoms with Crippen LogP contribution in [0.1, 0.15) is 39.0 Å². The third-order valence-electron chi connectivity index (χ3n) is 7.14. The number of rotatable bonds is 16. The van der Waals surface area contributed by atoms with Gasteiger partial charge in [-0.3, -0.25) is 14.1 Å². The molecule has 1 fully saturated rings. The summed E-state index contributed by atoms with van der Waals surface area (Å²) >= 11 is 0. The SMILES string of the molecule is CCCCN(CCNS(=O)(=O)O)C(=O)[C@H](CC(=O)NC[C@@H]1CCCN(C=NN)C1)NS(=O)(=O)c1ccc2ccccc2c1. The number of amides is 2. The minimum atomic E-state index is -4.50. The molecule has 0 aliphatic carbocycles. The zero-order valence-electron chi connectivity index (χ0n) is 24.2. The van der Waals surface area contributed by atoms with Crippen LogP contribution in [0.4, 0.5) is 0 Å². The van der Waals surface area contributed by atoms with E-state index < -0.39 is 44.6 Å². The minimum absolute atomic E-state index is 0.0681. The number of nitrogens with two attached hydrogens (primary N) is 1. The van der Waals surface area contributed by atoms with Crippen LogP contribution >= 0.6 is 0 Å². The van der Waals surface area contributed by atoms with E-state index in [0.29, 0.717) is 31.3 Å². The number of carbonyl (C=O) groups excluding carboxylic acids is 2. The molecule has 6 N–H and O–H groups in total. The van der Waals surface area contributed by atoms with Gasteiger partial charge in [0.05, 0.1) is 11.3 Å². The van der Waals surface area contributed by atoms with E-state index >= 15 is 0 Å². The van der Waals surface area contributed by atoms with Crippen molar-refractivity contribution in [2.45, 2.75) is 50.0 Å². The zero-order chi connectivity index (χ0) is 31.5. The zero-order valence-corrected chi connectivity index (χ0v) is 25.8. The summed E-state index contributed by atoms with van der Waals surface area (Å²) in [5.41, 5.74) is 0. The van der Waals surface area contributed by atoms with Crippen molar-refractivity contribution in [2.24, 2.45) is 16.9 Å². The van der Waals surface area contributed by atoms with E-state index in [1.54, 1.807) is 24.5 Å². The largest absolute Gasteiger partial charge is 0.361 e. The molecule has 1 heterocycles. The molecule has 1 saturated heterocycles. The highest BCUT2D eigenvalue weighted by molar-refractivity contribution is 7.89. The number of hydrogen-bond donors (Lipinski definition) is 5. The Kier molecular flexibility index (Phi) is 12.7. The Hall–Kier alpha value is -3.31. The number of sulfonamides is 1. The van der Waals surface area contributed by atoms with Crippen LogP contribution < -0.4 is 20.6 Å². The first-order valence-corrected chi connectivity index (χ1v) is 17.1. The number of carbonyl (C=O) groups is 2. The molecule has 0 spiro atoms. The van der Waals surface area contributed by atoms with Crippen molar-refractivity contribution in [2.75, 3.05) is 39.3 Å². The molecule has 0 unspecified atom stereocenters. The van der Waals surface area contributed by atoms with Crippen molar-refractivity contribution < 1.29 is 31.0 Å². The predicted octanol–water partition coefficient (Wildman–Crippen LogP) is 0.628. The molecular weight excluding hydrogens is 598 g/mol. The van der Waals surface area contributed by atoms with Crippen molar-refractivity contribution in [3.63, 3.8) is 0 Å². The van der Waals surface area contributed by atoms with Crippen molar-refractivity contribution in [3.8, 4) is 0 Å². The molecule has 16 heteroatoms. The highest BCUT2D eigenvalue weighted by Gasteiger charge is 2.32. The lowest BCUT2D eigenvalue weighted by Gasteiger charge is -2.31. The van der Waals surface area contributed by atoms with E-state index in [0.717, 1.165) is 24.8 Å². The van der Waals surface area contributed by atoms with Crippen LogP contribution in [-0.2, 0) is 29.9 Å². The lowest BCUT2D eigenvalue weighted by Crippen LogP contribution is -2.52. The maximum absolute atomic E-state index is 13.7. The van der Waals surface area contributed by atoms with Crippen molar-refractivity contribution >= 4 is 49.3 Å². The van der Waals surface area contributed by atoms with Gasteiger partial charge in [-0.25, -0.2) is 8.42 Å². The van der Waals surface area contributed by atoms with Crippen LogP contribution in [-0.4, -0.2) is 94.7 Å². The maximum atomic E-state index is 13.7. The Morgan fingerprint density at radius 1 is 1.16 bits per heavy atom.